The Morgan fingerprint density at radius 2 is 1.59 bits per heavy atom. The monoisotopic (exact) mass is 424 g/mol. The van der Waals surface area contributed by atoms with Crippen LogP contribution in [0.25, 0.3) is 17.2 Å². The number of hydrogen-bond donors (Lipinski definition) is 0. The highest BCUT2D eigenvalue weighted by Crippen LogP contribution is 2.31. The number of nitrogens with zero attached hydrogens (tertiary/aromatic N) is 4. The molecule has 1 aromatic carbocycles. The Morgan fingerprint density at radius 1 is 0.966 bits per heavy atom. The molecule has 0 saturated heterocycles. The summed E-state index contributed by atoms with van der Waals surface area (Å²) in [6.07, 6.45) is -2.65. The Kier molecular flexibility index (Phi) is 5.02. The van der Waals surface area contributed by atoms with Crippen molar-refractivity contribution in [1.29, 1.82) is 0 Å². The first-order valence-electron chi connectivity index (χ1n) is 8.58. The average Bonchev–Trinajstić information content (AvgIpc) is 3.06. The smallest absolute Gasteiger partial charge is 0.236 e. The van der Waals surface area contributed by atoms with Gasteiger partial charge in [0.1, 0.15) is 0 Å². The fraction of sp³-hybridized carbons (Fsp3) is 0.316. The van der Waals surface area contributed by atoms with Crippen LogP contribution in [0.3, 0.4) is 0 Å². The van der Waals surface area contributed by atoms with Crippen LogP contribution in [0.1, 0.15) is 32.2 Å². The van der Waals surface area contributed by atoms with Crippen molar-refractivity contribution in [2.24, 2.45) is 0 Å². The number of benzene rings is 1. The zero-order valence-electron chi connectivity index (χ0n) is 16.2. The highest BCUT2D eigenvalue weighted by Gasteiger charge is 2.37. The molecule has 0 spiro atoms. The molecule has 2 heterocycles. The summed E-state index contributed by atoms with van der Waals surface area (Å²) in [4.78, 5) is 7.58. The van der Waals surface area contributed by atoms with Crippen LogP contribution in [-0.4, -0.2) is 34.4 Å². The SMILES string of the molecule is CC(C)(C)c1ccc(-c2nc(C(F)(F)F)nn2-c2ccc(S(C)(=O)=O)cn2)cc1. The van der Waals surface area contributed by atoms with Gasteiger partial charge in [-0.15, -0.1) is 5.10 Å². The molecule has 2 aromatic heterocycles. The van der Waals surface area contributed by atoms with E-state index < -0.39 is 21.8 Å². The molecular weight excluding hydrogens is 405 g/mol. The molecule has 3 rings (SSSR count). The normalized spacial score (nSPS) is 12.9. The van der Waals surface area contributed by atoms with Gasteiger partial charge in [0.05, 0.1) is 4.90 Å². The molecule has 0 radical (unpaired) electrons. The molecule has 0 fully saturated rings. The fourth-order valence-electron chi connectivity index (χ4n) is 2.62. The summed E-state index contributed by atoms with van der Waals surface area (Å²) in [5.74, 6) is -1.32. The second kappa shape index (κ2) is 6.94. The molecule has 10 heteroatoms. The van der Waals surface area contributed by atoms with Crippen molar-refractivity contribution in [3.05, 3.63) is 54.0 Å². The van der Waals surface area contributed by atoms with Gasteiger partial charge in [-0.05, 0) is 23.1 Å². The van der Waals surface area contributed by atoms with E-state index in [1.807, 2.05) is 32.9 Å². The lowest BCUT2D eigenvalue weighted by atomic mass is 9.87. The number of rotatable bonds is 3. The van der Waals surface area contributed by atoms with E-state index in [0.717, 1.165) is 22.7 Å². The van der Waals surface area contributed by atoms with E-state index in [9.17, 15) is 21.6 Å². The van der Waals surface area contributed by atoms with Crippen LogP contribution in [0.2, 0.25) is 0 Å². The minimum Gasteiger partial charge on any atom is -0.236 e. The molecule has 29 heavy (non-hydrogen) atoms. The van der Waals surface area contributed by atoms with E-state index in [0.29, 0.717) is 5.56 Å². The van der Waals surface area contributed by atoms with Gasteiger partial charge in [0.15, 0.2) is 21.5 Å². The quantitative estimate of drug-likeness (QED) is 0.634. The maximum absolute atomic E-state index is 13.2. The molecule has 0 amide bonds. The van der Waals surface area contributed by atoms with Gasteiger partial charge in [-0.3, -0.25) is 0 Å². The maximum atomic E-state index is 13.2. The standard InChI is InChI=1S/C19H19F3N4O2S/c1-18(2,3)13-7-5-12(6-8-13)16-24-17(19(20,21)22)25-26(16)15-10-9-14(11-23-15)29(4,27)28/h5-11H,1-4H3. The third kappa shape index (κ3) is 4.47. The molecule has 0 unspecified atom stereocenters. The van der Waals surface area contributed by atoms with Gasteiger partial charge in [0.2, 0.25) is 0 Å². The van der Waals surface area contributed by atoms with E-state index in [1.165, 1.54) is 12.1 Å². The topological polar surface area (TPSA) is 77.7 Å². The summed E-state index contributed by atoms with van der Waals surface area (Å²) in [6.45, 7) is 6.08. The lowest BCUT2D eigenvalue weighted by molar-refractivity contribution is -0.144. The molecule has 0 saturated carbocycles. The lowest BCUT2D eigenvalue weighted by Crippen LogP contribution is -2.10. The van der Waals surface area contributed by atoms with Crippen molar-refractivity contribution in [2.75, 3.05) is 6.26 Å². The number of sulfone groups is 1. The van der Waals surface area contributed by atoms with Crippen LogP contribution >= 0.6 is 0 Å². The van der Waals surface area contributed by atoms with Crippen molar-refractivity contribution in [3.8, 4) is 17.2 Å². The summed E-state index contributed by atoms with van der Waals surface area (Å²) >= 11 is 0. The molecule has 3 aromatic rings. The minimum absolute atomic E-state index is 0.0234. The van der Waals surface area contributed by atoms with Crippen molar-refractivity contribution >= 4 is 9.84 Å². The Hall–Kier alpha value is -2.75. The van der Waals surface area contributed by atoms with Gasteiger partial charge in [0, 0.05) is 18.0 Å². The first kappa shape index (κ1) is 21.0. The molecule has 0 bridgehead atoms. The highest BCUT2D eigenvalue weighted by atomic mass is 32.2. The van der Waals surface area contributed by atoms with E-state index in [1.54, 1.807) is 12.1 Å². The van der Waals surface area contributed by atoms with Gasteiger partial charge in [-0.2, -0.15) is 17.9 Å². The van der Waals surface area contributed by atoms with Gasteiger partial charge in [-0.1, -0.05) is 45.0 Å². The summed E-state index contributed by atoms with van der Waals surface area (Å²) in [5, 5.41) is 3.56. The number of hydrogen-bond acceptors (Lipinski definition) is 5. The maximum Gasteiger partial charge on any atom is 0.453 e. The summed E-state index contributed by atoms with van der Waals surface area (Å²) in [5.41, 5.74) is 1.32. The lowest BCUT2D eigenvalue weighted by Gasteiger charge is -2.19. The van der Waals surface area contributed by atoms with Crippen LogP contribution in [0.5, 0.6) is 0 Å². The third-order valence-electron chi connectivity index (χ3n) is 4.24. The first-order valence-corrected chi connectivity index (χ1v) is 10.5. The Balaban J connectivity index is 2.13. The number of alkyl halides is 3. The highest BCUT2D eigenvalue weighted by molar-refractivity contribution is 7.90. The largest absolute Gasteiger partial charge is 0.453 e. The van der Waals surface area contributed by atoms with Crippen LogP contribution in [0, 0.1) is 0 Å². The number of aromatic nitrogens is 4. The average molecular weight is 424 g/mol. The zero-order valence-corrected chi connectivity index (χ0v) is 17.0. The van der Waals surface area contributed by atoms with E-state index in [4.69, 9.17) is 0 Å². The van der Waals surface area contributed by atoms with E-state index in [-0.39, 0.29) is 22.0 Å². The molecule has 0 atom stereocenters. The van der Waals surface area contributed by atoms with E-state index >= 15 is 0 Å². The first-order chi connectivity index (χ1) is 13.3. The molecule has 0 aliphatic rings. The van der Waals surface area contributed by atoms with Crippen LogP contribution < -0.4 is 0 Å². The Bertz CT molecular complexity index is 1130. The van der Waals surface area contributed by atoms with Crippen molar-refractivity contribution in [1.82, 2.24) is 19.7 Å². The summed E-state index contributed by atoms with van der Waals surface area (Å²) in [6, 6.07) is 9.54. The van der Waals surface area contributed by atoms with E-state index in [2.05, 4.69) is 15.1 Å². The van der Waals surface area contributed by atoms with Crippen LogP contribution in [-0.2, 0) is 21.4 Å². The van der Waals surface area contributed by atoms with Gasteiger partial charge >= 0.3 is 6.18 Å². The fourth-order valence-corrected chi connectivity index (χ4v) is 3.17. The van der Waals surface area contributed by atoms with Crippen molar-refractivity contribution in [2.45, 2.75) is 37.3 Å². The molecule has 6 nitrogen and oxygen atoms in total. The van der Waals surface area contributed by atoms with Crippen LogP contribution in [0.15, 0.2) is 47.5 Å². The summed E-state index contributed by atoms with van der Waals surface area (Å²) < 4.78 is 63.8. The van der Waals surface area contributed by atoms with Gasteiger partial charge in [0.25, 0.3) is 5.82 Å². The number of pyridine rings is 1. The molecule has 154 valence electrons. The van der Waals surface area contributed by atoms with Crippen LogP contribution in [0.4, 0.5) is 13.2 Å². The van der Waals surface area contributed by atoms with Gasteiger partial charge in [-0.25, -0.2) is 18.4 Å². The van der Waals surface area contributed by atoms with Crippen molar-refractivity contribution in [3.63, 3.8) is 0 Å². The number of halogens is 3. The Labute approximate surface area is 166 Å². The second-order valence-corrected chi connectivity index (χ2v) is 9.64. The second-order valence-electron chi connectivity index (χ2n) is 7.62. The molecule has 0 aliphatic heterocycles. The molecular formula is C19H19F3N4O2S. The molecule has 0 aliphatic carbocycles. The van der Waals surface area contributed by atoms with Crippen molar-refractivity contribution < 1.29 is 21.6 Å². The summed E-state index contributed by atoms with van der Waals surface area (Å²) in [7, 11) is -3.49. The minimum atomic E-state index is -4.74. The third-order valence-corrected chi connectivity index (χ3v) is 5.33. The van der Waals surface area contributed by atoms with Gasteiger partial charge < -0.3 is 0 Å². The molecule has 0 N–H and O–H groups in total. The predicted molar refractivity (Wildman–Crippen MR) is 101 cm³/mol. The predicted octanol–water partition coefficient (Wildman–Crippen LogP) is 4.05. The zero-order chi connectivity index (χ0) is 21.6. The Morgan fingerprint density at radius 3 is 2.03 bits per heavy atom.